The summed E-state index contributed by atoms with van der Waals surface area (Å²) in [4.78, 5) is 44.0. The summed E-state index contributed by atoms with van der Waals surface area (Å²) in [6.07, 6.45) is 0. The van der Waals surface area contributed by atoms with E-state index in [1.165, 1.54) is 19.1 Å². The van der Waals surface area contributed by atoms with Crippen LogP contribution in [0.2, 0.25) is 0 Å². The molecular formula is C25H27N3O6. The fourth-order valence-corrected chi connectivity index (χ4v) is 4.20. The summed E-state index contributed by atoms with van der Waals surface area (Å²) in [6, 6.07) is 17.1. The molecule has 2 aromatic rings. The fraction of sp³-hybridized carbons (Fsp3) is 0.320. The number of hydrogen-bond donors (Lipinski definition) is 0. The number of piperazine rings is 1. The second-order valence-electron chi connectivity index (χ2n) is 7.85. The fourth-order valence-electron chi connectivity index (χ4n) is 4.20. The molecule has 0 saturated carbocycles. The molecule has 2 aliphatic rings. The molecule has 34 heavy (non-hydrogen) atoms. The van der Waals surface area contributed by atoms with Gasteiger partial charge in [0.15, 0.2) is 0 Å². The molecule has 0 radical (unpaired) electrons. The van der Waals surface area contributed by atoms with E-state index in [0.29, 0.717) is 37.4 Å². The molecular weight excluding hydrogens is 438 g/mol. The molecule has 0 unspecified atom stereocenters. The minimum atomic E-state index is -0.706. The number of carbonyl (C=O) groups is 3. The van der Waals surface area contributed by atoms with Gasteiger partial charge in [-0.3, -0.25) is 4.79 Å². The molecule has 0 spiro atoms. The number of para-hydroxylation sites is 2. The predicted molar refractivity (Wildman–Crippen MR) is 125 cm³/mol. The first-order chi connectivity index (χ1) is 16.5. The highest BCUT2D eigenvalue weighted by Crippen LogP contribution is 2.30. The van der Waals surface area contributed by atoms with Gasteiger partial charge in [0, 0.05) is 31.9 Å². The SMILES string of the molecule is COC(=O)C1=C(C(=O)OC)N(c2ccccc2C(=O)N2CCN(c3ccccc3)CC2)COC1. The van der Waals surface area contributed by atoms with E-state index >= 15 is 0 Å². The zero-order valence-corrected chi connectivity index (χ0v) is 19.2. The van der Waals surface area contributed by atoms with Crippen LogP contribution in [0, 0.1) is 0 Å². The normalized spacial score (nSPS) is 16.4. The van der Waals surface area contributed by atoms with E-state index in [0.717, 1.165) is 5.69 Å². The average Bonchev–Trinajstić information content (AvgIpc) is 2.92. The van der Waals surface area contributed by atoms with Crippen LogP contribution < -0.4 is 9.80 Å². The maximum atomic E-state index is 13.5. The molecule has 0 atom stereocenters. The van der Waals surface area contributed by atoms with E-state index in [1.54, 1.807) is 29.2 Å². The molecule has 4 rings (SSSR count). The molecule has 2 aromatic carbocycles. The van der Waals surface area contributed by atoms with Crippen LogP contribution in [0.1, 0.15) is 10.4 Å². The van der Waals surface area contributed by atoms with Crippen molar-refractivity contribution in [2.45, 2.75) is 0 Å². The number of methoxy groups -OCH3 is 2. The average molecular weight is 466 g/mol. The highest BCUT2D eigenvalue weighted by molar-refractivity contribution is 6.06. The molecule has 0 N–H and O–H groups in total. The van der Waals surface area contributed by atoms with Crippen LogP contribution in [0.25, 0.3) is 0 Å². The zero-order valence-electron chi connectivity index (χ0n) is 19.2. The topological polar surface area (TPSA) is 88.6 Å². The van der Waals surface area contributed by atoms with E-state index in [1.807, 2.05) is 18.2 Å². The first-order valence-electron chi connectivity index (χ1n) is 11.0. The Hall–Kier alpha value is -3.85. The second kappa shape index (κ2) is 10.4. The van der Waals surface area contributed by atoms with Crippen molar-refractivity contribution in [2.75, 3.05) is 63.5 Å². The third-order valence-electron chi connectivity index (χ3n) is 5.95. The first-order valence-corrected chi connectivity index (χ1v) is 11.0. The van der Waals surface area contributed by atoms with Gasteiger partial charge in [-0.1, -0.05) is 30.3 Å². The monoisotopic (exact) mass is 465 g/mol. The number of benzene rings is 2. The number of ether oxygens (including phenoxy) is 3. The summed E-state index contributed by atoms with van der Waals surface area (Å²) < 4.78 is 15.3. The van der Waals surface area contributed by atoms with Gasteiger partial charge < -0.3 is 28.9 Å². The van der Waals surface area contributed by atoms with Gasteiger partial charge in [0.2, 0.25) is 0 Å². The van der Waals surface area contributed by atoms with Crippen molar-refractivity contribution in [2.24, 2.45) is 0 Å². The number of anilines is 2. The maximum absolute atomic E-state index is 13.5. The van der Waals surface area contributed by atoms with Crippen molar-refractivity contribution in [1.82, 2.24) is 4.90 Å². The third-order valence-corrected chi connectivity index (χ3v) is 5.95. The largest absolute Gasteiger partial charge is 0.466 e. The number of nitrogens with zero attached hydrogens (tertiary/aromatic N) is 3. The van der Waals surface area contributed by atoms with E-state index in [2.05, 4.69) is 17.0 Å². The van der Waals surface area contributed by atoms with Gasteiger partial charge in [-0.2, -0.15) is 0 Å². The number of amides is 1. The number of hydrogen-bond acceptors (Lipinski definition) is 8. The summed E-state index contributed by atoms with van der Waals surface area (Å²) in [5, 5.41) is 0. The van der Waals surface area contributed by atoms with Gasteiger partial charge in [0.25, 0.3) is 5.91 Å². The molecule has 178 valence electrons. The van der Waals surface area contributed by atoms with Gasteiger partial charge in [-0.15, -0.1) is 0 Å². The van der Waals surface area contributed by atoms with Crippen molar-refractivity contribution in [3.8, 4) is 0 Å². The van der Waals surface area contributed by atoms with Crippen molar-refractivity contribution < 1.29 is 28.6 Å². The number of rotatable bonds is 5. The van der Waals surface area contributed by atoms with E-state index in [9.17, 15) is 14.4 Å². The summed E-state index contributed by atoms with van der Waals surface area (Å²) in [6.45, 7) is 2.44. The highest BCUT2D eigenvalue weighted by atomic mass is 16.5. The molecule has 1 amide bonds. The van der Waals surface area contributed by atoms with Crippen molar-refractivity contribution in [3.63, 3.8) is 0 Å². The number of carbonyl (C=O) groups excluding carboxylic acids is 3. The smallest absolute Gasteiger partial charge is 0.355 e. The summed E-state index contributed by atoms with van der Waals surface area (Å²) in [7, 11) is 2.47. The molecule has 0 aliphatic carbocycles. The Morgan fingerprint density at radius 2 is 1.47 bits per heavy atom. The van der Waals surface area contributed by atoms with Crippen LogP contribution in [0.4, 0.5) is 11.4 Å². The third kappa shape index (κ3) is 4.60. The summed E-state index contributed by atoms with van der Waals surface area (Å²) >= 11 is 0. The molecule has 1 saturated heterocycles. The van der Waals surface area contributed by atoms with E-state index < -0.39 is 11.9 Å². The lowest BCUT2D eigenvalue weighted by Crippen LogP contribution is -2.49. The lowest BCUT2D eigenvalue weighted by atomic mass is 10.1. The van der Waals surface area contributed by atoms with Crippen molar-refractivity contribution >= 4 is 29.2 Å². The molecule has 9 heteroatoms. The highest BCUT2D eigenvalue weighted by Gasteiger charge is 2.34. The Morgan fingerprint density at radius 3 is 2.15 bits per heavy atom. The minimum Gasteiger partial charge on any atom is -0.466 e. The molecule has 9 nitrogen and oxygen atoms in total. The van der Waals surface area contributed by atoms with Gasteiger partial charge in [-0.25, -0.2) is 9.59 Å². The van der Waals surface area contributed by atoms with Gasteiger partial charge in [-0.05, 0) is 24.3 Å². The van der Waals surface area contributed by atoms with Crippen molar-refractivity contribution in [3.05, 3.63) is 71.4 Å². The lowest BCUT2D eigenvalue weighted by Gasteiger charge is -2.37. The second-order valence-corrected chi connectivity index (χ2v) is 7.85. The van der Waals surface area contributed by atoms with Gasteiger partial charge >= 0.3 is 11.9 Å². The molecule has 1 fully saturated rings. The van der Waals surface area contributed by atoms with Crippen LogP contribution >= 0.6 is 0 Å². The van der Waals surface area contributed by atoms with Crippen molar-refractivity contribution in [1.29, 1.82) is 0 Å². The zero-order chi connectivity index (χ0) is 24.1. The lowest BCUT2D eigenvalue weighted by molar-refractivity contribution is -0.140. The van der Waals surface area contributed by atoms with Crippen LogP contribution in [0.3, 0.4) is 0 Å². The van der Waals surface area contributed by atoms with Crippen LogP contribution in [-0.2, 0) is 23.8 Å². The Bertz CT molecular complexity index is 1090. The Balaban J connectivity index is 1.61. The van der Waals surface area contributed by atoms with E-state index in [-0.39, 0.29) is 30.5 Å². The Labute approximate surface area is 198 Å². The summed E-state index contributed by atoms with van der Waals surface area (Å²) in [5.74, 6) is -1.55. The molecule has 2 heterocycles. The Morgan fingerprint density at radius 1 is 0.824 bits per heavy atom. The Kier molecular flexibility index (Phi) is 7.12. The standard InChI is InChI=1S/C25H27N3O6/c1-32-24(30)20-16-34-17-28(22(20)25(31)33-2)21-11-7-6-10-19(21)23(29)27-14-12-26(13-15-27)18-8-4-3-5-9-18/h3-11H,12-17H2,1-2H3. The van der Waals surface area contributed by atoms with Gasteiger partial charge in [0.05, 0.1) is 37.7 Å². The molecule has 0 bridgehead atoms. The predicted octanol–water partition coefficient (Wildman–Crippen LogP) is 2.04. The molecule has 0 aromatic heterocycles. The van der Waals surface area contributed by atoms with Crippen LogP contribution in [0.15, 0.2) is 65.9 Å². The van der Waals surface area contributed by atoms with Crippen LogP contribution in [0.5, 0.6) is 0 Å². The minimum absolute atomic E-state index is 0.00902. The summed E-state index contributed by atoms with van der Waals surface area (Å²) in [5.41, 5.74) is 2.05. The van der Waals surface area contributed by atoms with Gasteiger partial charge in [0.1, 0.15) is 12.4 Å². The van der Waals surface area contributed by atoms with Crippen LogP contribution in [-0.4, -0.2) is 76.5 Å². The maximum Gasteiger partial charge on any atom is 0.355 e. The quantitative estimate of drug-likeness (QED) is 0.620. The molecule has 2 aliphatic heterocycles. The number of esters is 2. The first kappa shape index (κ1) is 23.3. The van der Waals surface area contributed by atoms with E-state index in [4.69, 9.17) is 14.2 Å².